The van der Waals surface area contributed by atoms with Gasteiger partial charge in [0, 0.05) is 41.6 Å². The second-order valence-electron chi connectivity index (χ2n) is 22.0. The summed E-state index contributed by atoms with van der Waals surface area (Å²) in [6.07, 6.45) is 7.74. The molecule has 12 heteroatoms. The van der Waals surface area contributed by atoms with Gasteiger partial charge in [0.15, 0.2) is 0 Å². The normalized spacial score (nSPS) is 27.1. The largest absolute Gasteiger partial charge is 0.460 e. The molecule has 0 spiro atoms. The van der Waals surface area contributed by atoms with Crippen molar-refractivity contribution in [1.82, 2.24) is 10.6 Å². The number of hydrogen-bond acceptors (Lipinski definition) is 10. The minimum atomic E-state index is -1.36. The third-order valence-electron chi connectivity index (χ3n) is 15.1. The molecule has 2 saturated carbocycles. The third kappa shape index (κ3) is 11.3. The lowest BCUT2D eigenvalue weighted by molar-refractivity contribution is -0.157. The van der Waals surface area contributed by atoms with Gasteiger partial charge in [-0.3, -0.25) is 14.4 Å². The standard InChI is InChI=1S/C59H68N2O10/c1-56(2,3)70-51(63)27-25-45(36-62)61-54(65)41-15-13-14-38(31-41)35-60-53(64)42-32-48(52-49(33-42)68-59(71-52,43-16-9-7-10-17-43)44-18-11-8-12-19-44)67-55(66)39-22-20-37(21-23-39)30-40-24-26-50-58(6,69-50)29-28-47-46(40)34-57(47,4)5/h7-23,30-31,33,45-50,52,62H,24-29,32,34-36H2,1-6H3,(H,60,64)(H,61,65). The minimum absolute atomic E-state index is 0.0154. The Kier molecular flexibility index (Phi) is 14.3. The number of esters is 2. The monoisotopic (exact) mass is 964 g/mol. The lowest BCUT2D eigenvalue weighted by atomic mass is 9.52. The maximum absolute atomic E-state index is 14.2. The smallest absolute Gasteiger partial charge is 0.338 e. The van der Waals surface area contributed by atoms with E-state index in [2.05, 4.69) is 37.5 Å². The van der Waals surface area contributed by atoms with E-state index in [0.717, 1.165) is 36.0 Å². The van der Waals surface area contributed by atoms with E-state index in [-0.39, 0.29) is 43.9 Å². The summed E-state index contributed by atoms with van der Waals surface area (Å²) < 4.78 is 31.8. The molecule has 5 aliphatic rings. The van der Waals surface area contributed by atoms with Gasteiger partial charge in [0.05, 0.1) is 29.9 Å². The maximum Gasteiger partial charge on any atom is 0.338 e. The number of allylic oxidation sites excluding steroid dienone is 1. The average Bonchev–Trinajstić information content (AvgIpc) is 3.81. The predicted octanol–water partition coefficient (Wildman–Crippen LogP) is 9.53. The molecule has 0 bridgehead atoms. The van der Waals surface area contributed by atoms with Crippen LogP contribution in [0.4, 0.5) is 0 Å². The van der Waals surface area contributed by atoms with Crippen molar-refractivity contribution in [1.29, 1.82) is 0 Å². The van der Waals surface area contributed by atoms with Crippen molar-refractivity contribution in [3.63, 3.8) is 0 Å². The minimum Gasteiger partial charge on any atom is -0.460 e. The first-order valence-corrected chi connectivity index (χ1v) is 25.3. The molecule has 12 nitrogen and oxygen atoms in total. The van der Waals surface area contributed by atoms with Crippen LogP contribution in [0.5, 0.6) is 0 Å². The number of epoxide rings is 1. The van der Waals surface area contributed by atoms with Gasteiger partial charge in [-0.15, -0.1) is 0 Å². The first kappa shape index (κ1) is 50.0. The Balaban J connectivity index is 0.911. The van der Waals surface area contributed by atoms with E-state index in [1.807, 2.05) is 84.9 Å². The molecule has 2 heterocycles. The summed E-state index contributed by atoms with van der Waals surface area (Å²) in [4.78, 5) is 54.0. The fourth-order valence-corrected chi connectivity index (χ4v) is 11.2. The molecule has 4 aromatic rings. The zero-order valence-electron chi connectivity index (χ0n) is 41.8. The highest BCUT2D eigenvalue weighted by molar-refractivity contribution is 5.95. The first-order chi connectivity index (χ1) is 33.9. The third-order valence-corrected chi connectivity index (χ3v) is 15.1. The molecule has 2 amide bonds. The number of nitrogens with one attached hydrogen (secondary N) is 2. The molecule has 9 rings (SSSR count). The summed E-state index contributed by atoms with van der Waals surface area (Å²) in [6, 6.07) is 33.0. The van der Waals surface area contributed by atoms with Crippen LogP contribution in [0, 0.1) is 17.3 Å². The van der Waals surface area contributed by atoms with Gasteiger partial charge >= 0.3 is 11.9 Å². The highest BCUT2D eigenvalue weighted by Gasteiger charge is 2.57. The van der Waals surface area contributed by atoms with E-state index < -0.39 is 53.6 Å². The molecule has 2 saturated heterocycles. The molecule has 71 heavy (non-hydrogen) atoms. The molecular weight excluding hydrogens is 897 g/mol. The van der Waals surface area contributed by atoms with Gasteiger partial charge in [-0.05, 0) is 125 Å². The number of benzene rings is 4. The second-order valence-corrected chi connectivity index (χ2v) is 22.0. The molecule has 3 N–H and O–H groups in total. The topological polar surface area (TPSA) is 162 Å². The molecule has 8 unspecified atom stereocenters. The fraction of sp³-hybridized carbons (Fsp3) is 0.458. The van der Waals surface area contributed by atoms with Gasteiger partial charge in [-0.2, -0.15) is 0 Å². The molecule has 374 valence electrons. The van der Waals surface area contributed by atoms with Gasteiger partial charge in [-0.1, -0.05) is 110 Å². The van der Waals surface area contributed by atoms with Crippen molar-refractivity contribution in [2.75, 3.05) is 6.61 Å². The van der Waals surface area contributed by atoms with Crippen LogP contribution in [-0.4, -0.2) is 77.1 Å². The Hall–Kier alpha value is -5.92. The summed E-state index contributed by atoms with van der Waals surface area (Å²) in [5, 5.41) is 15.8. The predicted molar refractivity (Wildman–Crippen MR) is 269 cm³/mol. The Morgan fingerprint density at radius 1 is 0.831 bits per heavy atom. The number of ether oxygens (including phenoxy) is 5. The van der Waals surface area contributed by atoms with E-state index in [1.165, 1.54) is 18.4 Å². The van der Waals surface area contributed by atoms with Crippen molar-refractivity contribution >= 4 is 29.8 Å². The van der Waals surface area contributed by atoms with Crippen molar-refractivity contribution in [2.24, 2.45) is 17.3 Å². The van der Waals surface area contributed by atoms with E-state index in [4.69, 9.17) is 23.7 Å². The fourth-order valence-electron chi connectivity index (χ4n) is 11.2. The van der Waals surface area contributed by atoms with Crippen LogP contribution < -0.4 is 10.6 Å². The Bertz CT molecular complexity index is 2620. The molecule has 4 fully saturated rings. The van der Waals surface area contributed by atoms with Crippen LogP contribution >= 0.6 is 0 Å². The van der Waals surface area contributed by atoms with E-state index >= 15 is 0 Å². The van der Waals surface area contributed by atoms with Crippen molar-refractivity contribution in [3.8, 4) is 0 Å². The summed E-state index contributed by atoms with van der Waals surface area (Å²) >= 11 is 0. The second kappa shape index (κ2) is 20.3. The number of fused-ring (bicyclic) bond motifs is 3. The summed E-state index contributed by atoms with van der Waals surface area (Å²) in [6.45, 7) is 12.1. The molecule has 2 aliphatic heterocycles. The zero-order chi connectivity index (χ0) is 50.1. The highest BCUT2D eigenvalue weighted by atomic mass is 16.8. The van der Waals surface area contributed by atoms with Gasteiger partial charge in [0.25, 0.3) is 5.91 Å². The molecule has 8 atom stereocenters. The van der Waals surface area contributed by atoms with Crippen LogP contribution in [0.3, 0.4) is 0 Å². The average molecular weight is 965 g/mol. The van der Waals surface area contributed by atoms with Crippen molar-refractivity contribution in [3.05, 3.63) is 160 Å². The number of amides is 2. The van der Waals surface area contributed by atoms with E-state index in [0.29, 0.717) is 45.6 Å². The number of hydrogen-bond donors (Lipinski definition) is 3. The van der Waals surface area contributed by atoms with E-state index in [1.54, 1.807) is 51.1 Å². The molecule has 3 aliphatic carbocycles. The molecular formula is C59H68N2O10. The number of carbonyl (C=O) groups is 4. The molecule has 0 aromatic heterocycles. The van der Waals surface area contributed by atoms with Gasteiger partial charge in [0.1, 0.15) is 23.9 Å². The van der Waals surface area contributed by atoms with E-state index in [9.17, 15) is 24.3 Å². The zero-order valence-corrected chi connectivity index (χ0v) is 41.8. The van der Waals surface area contributed by atoms with Gasteiger partial charge in [0.2, 0.25) is 11.7 Å². The Labute approximate surface area is 417 Å². The van der Waals surface area contributed by atoms with Crippen molar-refractivity contribution < 1.29 is 48.0 Å². The van der Waals surface area contributed by atoms with Gasteiger partial charge in [-0.25, -0.2) is 4.79 Å². The maximum atomic E-state index is 14.2. The number of aliphatic hydroxyl groups excluding tert-OH is 1. The lowest BCUT2D eigenvalue weighted by Gasteiger charge is -2.53. The summed E-state index contributed by atoms with van der Waals surface area (Å²) in [7, 11) is 0. The molecule has 0 radical (unpaired) electrons. The lowest BCUT2D eigenvalue weighted by Crippen LogP contribution is -2.45. The van der Waals surface area contributed by atoms with Gasteiger partial charge < -0.3 is 39.4 Å². The van der Waals surface area contributed by atoms with Crippen molar-refractivity contribution in [2.45, 2.75) is 147 Å². The van der Waals surface area contributed by atoms with Crippen LogP contribution in [0.25, 0.3) is 6.08 Å². The Morgan fingerprint density at radius 3 is 2.20 bits per heavy atom. The van der Waals surface area contributed by atoms with Crippen LogP contribution in [0.2, 0.25) is 0 Å². The summed E-state index contributed by atoms with van der Waals surface area (Å²) in [5.41, 5.74) is 5.42. The quantitative estimate of drug-likeness (QED) is 0.0820. The Morgan fingerprint density at radius 2 is 1.54 bits per heavy atom. The van der Waals surface area contributed by atoms with Crippen LogP contribution in [0.15, 0.2) is 126 Å². The molecule has 4 aromatic carbocycles. The SMILES string of the molecule is CC(C)(C)OC(=O)CCC(CO)NC(=O)c1cccc(CNC(=O)C2=CC3OC(c4ccccc4)(c4ccccc4)OC3C(OC(=O)c3ccc(C=C4CCC5OC5(C)CCC5C4CC5(C)C)cc3)C2)c1. The number of aliphatic hydroxyl groups is 1. The number of rotatable bonds is 14. The summed E-state index contributed by atoms with van der Waals surface area (Å²) in [5.74, 6) is -1.96. The first-order valence-electron chi connectivity index (χ1n) is 25.3. The highest BCUT2D eigenvalue weighted by Crippen LogP contribution is 2.60. The van der Waals surface area contributed by atoms with Crippen LogP contribution in [0.1, 0.15) is 136 Å². The number of carbonyl (C=O) groups excluding carboxylic acids is 4. The van der Waals surface area contributed by atoms with Crippen LogP contribution in [-0.2, 0) is 45.6 Å².